The fourth-order valence-corrected chi connectivity index (χ4v) is 3.57. The highest BCUT2D eigenvalue weighted by molar-refractivity contribution is 7.22. The van der Waals surface area contributed by atoms with E-state index in [0.717, 1.165) is 4.70 Å². The Morgan fingerprint density at radius 1 is 1.00 bits per heavy atom. The van der Waals surface area contributed by atoms with Gasteiger partial charge in [-0.2, -0.15) is 0 Å². The minimum Gasteiger partial charge on any atom is -0.494 e. The summed E-state index contributed by atoms with van der Waals surface area (Å²) in [5.41, 5.74) is 0.934. The molecule has 0 radical (unpaired) electrons. The first kappa shape index (κ1) is 17.9. The SMILES string of the molecule is COc1ccc(Oc2ccccc2)c2sc(NC(=O)c3ccc(F)cc3)nc12. The van der Waals surface area contributed by atoms with Crippen molar-refractivity contribution in [2.75, 3.05) is 12.4 Å². The van der Waals surface area contributed by atoms with Crippen molar-refractivity contribution in [1.29, 1.82) is 0 Å². The van der Waals surface area contributed by atoms with E-state index in [-0.39, 0.29) is 5.91 Å². The number of para-hydroxylation sites is 1. The monoisotopic (exact) mass is 394 g/mol. The van der Waals surface area contributed by atoms with Gasteiger partial charge in [0, 0.05) is 5.56 Å². The zero-order valence-electron chi connectivity index (χ0n) is 14.8. The van der Waals surface area contributed by atoms with Gasteiger partial charge in [0.15, 0.2) is 5.13 Å². The number of nitrogens with one attached hydrogen (secondary N) is 1. The molecule has 0 atom stereocenters. The summed E-state index contributed by atoms with van der Waals surface area (Å²) in [6, 6.07) is 18.3. The number of methoxy groups -OCH3 is 1. The maximum Gasteiger partial charge on any atom is 0.257 e. The molecule has 0 aliphatic carbocycles. The number of aromatic nitrogens is 1. The molecule has 5 nitrogen and oxygen atoms in total. The van der Waals surface area contributed by atoms with Crippen LogP contribution in [0.3, 0.4) is 0 Å². The van der Waals surface area contributed by atoms with Crippen LogP contribution in [0.15, 0.2) is 66.7 Å². The third-order valence-electron chi connectivity index (χ3n) is 3.99. The smallest absolute Gasteiger partial charge is 0.257 e. The molecule has 0 fully saturated rings. The van der Waals surface area contributed by atoms with E-state index in [2.05, 4.69) is 10.3 Å². The molecule has 140 valence electrons. The number of nitrogens with zero attached hydrogens (tertiary/aromatic N) is 1. The highest BCUT2D eigenvalue weighted by Crippen LogP contribution is 2.40. The quantitative estimate of drug-likeness (QED) is 0.486. The molecule has 0 bridgehead atoms. The highest BCUT2D eigenvalue weighted by atomic mass is 32.1. The second kappa shape index (κ2) is 7.66. The Bertz CT molecular complexity index is 1130. The number of carbonyl (C=O) groups excluding carboxylic acids is 1. The summed E-state index contributed by atoms with van der Waals surface area (Å²) in [5, 5.41) is 3.14. The van der Waals surface area contributed by atoms with Gasteiger partial charge in [-0.1, -0.05) is 29.5 Å². The van der Waals surface area contributed by atoms with Gasteiger partial charge in [-0.05, 0) is 48.5 Å². The zero-order valence-corrected chi connectivity index (χ0v) is 15.6. The molecule has 4 aromatic rings. The van der Waals surface area contributed by atoms with Crippen molar-refractivity contribution in [3.05, 3.63) is 78.1 Å². The van der Waals surface area contributed by atoms with Crippen LogP contribution in [0.25, 0.3) is 10.2 Å². The van der Waals surface area contributed by atoms with Crippen LogP contribution in [0.4, 0.5) is 9.52 Å². The lowest BCUT2D eigenvalue weighted by molar-refractivity contribution is 0.102. The predicted octanol–water partition coefficient (Wildman–Crippen LogP) is 5.49. The maximum atomic E-state index is 13.1. The van der Waals surface area contributed by atoms with Gasteiger partial charge < -0.3 is 9.47 Å². The largest absolute Gasteiger partial charge is 0.494 e. The number of anilines is 1. The third kappa shape index (κ3) is 3.65. The number of carbonyl (C=O) groups is 1. The van der Waals surface area contributed by atoms with Crippen LogP contribution in [-0.4, -0.2) is 18.0 Å². The first-order chi connectivity index (χ1) is 13.6. The van der Waals surface area contributed by atoms with Crippen LogP contribution in [-0.2, 0) is 0 Å². The molecule has 0 aliphatic heterocycles. The molecular weight excluding hydrogens is 379 g/mol. The van der Waals surface area contributed by atoms with Crippen LogP contribution in [0.1, 0.15) is 10.4 Å². The van der Waals surface area contributed by atoms with E-state index >= 15 is 0 Å². The Labute approximate surface area is 164 Å². The molecule has 1 amide bonds. The van der Waals surface area contributed by atoms with Crippen molar-refractivity contribution in [1.82, 2.24) is 4.98 Å². The Balaban J connectivity index is 1.67. The van der Waals surface area contributed by atoms with Gasteiger partial charge in [0.25, 0.3) is 5.91 Å². The van der Waals surface area contributed by atoms with Gasteiger partial charge in [-0.15, -0.1) is 0 Å². The average molecular weight is 394 g/mol. The molecule has 0 aliphatic rings. The predicted molar refractivity (Wildman–Crippen MR) is 107 cm³/mol. The number of halogens is 1. The van der Waals surface area contributed by atoms with E-state index < -0.39 is 5.82 Å². The normalized spacial score (nSPS) is 10.6. The summed E-state index contributed by atoms with van der Waals surface area (Å²) in [6.07, 6.45) is 0. The molecule has 1 N–H and O–H groups in total. The summed E-state index contributed by atoms with van der Waals surface area (Å²) in [4.78, 5) is 16.9. The van der Waals surface area contributed by atoms with Crippen molar-refractivity contribution in [3.8, 4) is 17.2 Å². The Morgan fingerprint density at radius 3 is 2.43 bits per heavy atom. The van der Waals surface area contributed by atoms with Crippen molar-refractivity contribution in [2.24, 2.45) is 0 Å². The van der Waals surface area contributed by atoms with Crippen molar-refractivity contribution in [2.45, 2.75) is 0 Å². The Hall–Kier alpha value is -3.45. The van der Waals surface area contributed by atoms with Crippen LogP contribution in [0, 0.1) is 5.82 Å². The number of hydrogen-bond acceptors (Lipinski definition) is 5. The van der Waals surface area contributed by atoms with E-state index in [4.69, 9.17) is 9.47 Å². The molecular formula is C21H15FN2O3S. The van der Waals surface area contributed by atoms with Gasteiger partial charge in [0.2, 0.25) is 0 Å². The van der Waals surface area contributed by atoms with Gasteiger partial charge in [0.1, 0.15) is 33.3 Å². The average Bonchev–Trinajstić information content (AvgIpc) is 3.13. The summed E-state index contributed by atoms with van der Waals surface area (Å²) >= 11 is 1.28. The molecule has 0 saturated heterocycles. The fraction of sp³-hybridized carbons (Fsp3) is 0.0476. The minimum absolute atomic E-state index is 0.341. The summed E-state index contributed by atoms with van der Waals surface area (Å²) in [7, 11) is 1.56. The van der Waals surface area contributed by atoms with Crippen LogP contribution in [0.5, 0.6) is 17.2 Å². The molecule has 7 heteroatoms. The van der Waals surface area contributed by atoms with Crippen molar-refractivity contribution < 1.29 is 18.7 Å². The van der Waals surface area contributed by atoms with Crippen LogP contribution in [0.2, 0.25) is 0 Å². The molecule has 3 aromatic carbocycles. The highest BCUT2D eigenvalue weighted by Gasteiger charge is 2.16. The van der Waals surface area contributed by atoms with Gasteiger partial charge in [0.05, 0.1) is 7.11 Å². The number of amides is 1. The van der Waals surface area contributed by atoms with E-state index in [9.17, 15) is 9.18 Å². The van der Waals surface area contributed by atoms with E-state index in [1.165, 1.54) is 35.6 Å². The maximum absolute atomic E-state index is 13.1. The van der Waals surface area contributed by atoms with Gasteiger partial charge in [-0.3, -0.25) is 10.1 Å². The van der Waals surface area contributed by atoms with E-state index in [0.29, 0.717) is 33.5 Å². The number of ether oxygens (including phenoxy) is 2. The number of fused-ring (bicyclic) bond motifs is 1. The van der Waals surface area contributed by atoms with Crippen molar-refractivity contribution >= 4 is 32.6 Å². The second-order valence-electron chi connectivity index (χ2n) is 5.84. The van der Waals surface area contributed by atoms with E-state index in [1.54, 1.807) is 19.2 Å². The molecule has 0 unspecified atom stereocenters. The number of hydrogen-bond donors (Lipinski definition) is 1. The molecule has 1 heterocycles. The first-order valence-corrected chi connectivity index (χ1v) is 9.23. The topological polar surface area (TPSA) is 60.5 Å². The summed E-state index contributed by atoms with van der Waals surface area (Å²) in [5.74, 6) is 1.11. The lowest BCUT2D eigenvalue weighted by Crippen LogP contribution is -2.11. The molecule has 1 aromatic heterocycles. The Kier molecular flexibility index (Phi) is 4.90. The second-order valence-corrected chi connectivity index (χ2v) is 6.84. The van der Waals surface area contributed by atoms with Crippen LogP contribution >= 0.6 is 11.3 Å². The van der Waals surface area contributed by atoms with Crippen LogP contribution < -0.4 is 14.8 Å². The Morgan fingerprint density at radius 2 is 1.71 bits per heavy atom. The fourth-order valence-electron chi connectivity index (χ4n) is 2.64. The minimum atomic E-state index is -0.399. The number of benzene rings is 3. The lowest BCUT2D eigenvalue weighted by Gasteiger charge is -2.07. The lowest BCUT2D eigenvalue weighted by atomic mass is 10.2. The third-order valence-corrected chi connectivity index (χ3v) is 4.97. The summed E-state index contributed by atoms with van der Waals surface area (Å²) < 4.78 is 25.2. The molecule has 0 saturated carbocycles. The summed E-state index contributed by atoms with van der Waals surface area (Å²) in [6.45, 7) is 0. The molecule has 4 rings (SSSR count). The standard InChI is InChI=1S/C21H15FN2O3S/c1-26-16-11-12-17(27-15-5-3-2-4-6-15)19-18(16)23-21(28-19)24-20(25)13-7-9-14(22)10-8-13/h2-12H,1H3,(H,23,24,25). The van der Waals surface area contributed by atoms with Gasteiger partial charge >= 0.3 is 0 Å². The van der Waals surface area contributed by atoms with E-state index in [1.807, 2.05) is 30.3 Å². The molecule has 28 heavy (non-hydrogen) atoms. The van der Waals surface area contributed by atoms with Crippen molar-refractivity contribution in [3.63, 3.8) is 0 Å². The van der Waals surface area contributed by atoms with Gasteiger partial charge in [-0.25, -0.2) is 9.37 Å². The zero-order chi connectivity index (χ0) is 19.5. The number of thiazole rings is 1. The first-order valence-electron chi connectivity index (χ1n) is 8.41. The number of rotatable bonds is 5. The molecule has 0 spiro atoms.